The number of hydrogen-bond donors (Lipinski definition) is 2. The van der Waals surface area contributed by atoms with Gasteiger partial charge in [0.15, 0.2) is 0 Å². The fraction of sp³-hybridized carbons (Fsp3) is 0.152. The van der Waals surface area contributed by atoms with Crippen LogP contribution >= 0.6 is 53.4 Å². The molecule has 80 heavy (non-hydrogen) atoms. The summed E-state index contributed by atoms with van der Waals surface area (Å²) in [5.41, 5.74) is 7.25. The molecule has 2 N–H and O–H groups in total. The largest absolute Gasteiger partial charge is 0.374 e. The molecule has 0 bridgehead atoms. The summed E-state index contributed by atoms with van der Waals surface area (Å²) < 4.78 is 6.00. The maximum absolute atomic E-state index is 14.5. The van der Waals surface area contributed by atoms with E-state index in [4.69, 9.17) is 20.0 Å². The SMILES string of the molecule is Cn1cc(C/C(=N\OC(c2ccccc2)(c2ccccc2)c2ccccc2)C(=O)NCCSSCCNC(=O)/C(Cc2cn(C)c3ccc(Br)cc23)=N/OC(c2ccccc2)(c2ccccc2)c2ccccc2)c2cc(Br)ccc21. The van der Waals surface area contributed by atoms with Crippen molar-refractivity contribution in [3.63, 3.8) is 0 Å². The van der Waals surface area contributed by atoms with Crippen LogP contribution in [0.4, 0.5) is 0 Å². The van der Waals surface area contributed by atoms with Crippen molar-refractivity contribution >= 4 is 98.5 Å². The molecule has 0 saturated carbocycles. The predicted octanol–water partition coefficient (Wildman–Crippen LogP) is 14.3. The van der Waals surface area contributed by atoms with E-state index in [0.29, 0.717) is 24.6 Å². The van der Waals surface area contributed by atoms with Crippen LogP contribution in [0.25, 0.3) is 21.8 Å². The second-order valence-electron chi connectivity index (χ2n) is 19.2. The molecule has 10 aromatic rings. The molecule has 10 nitrogen and oxygen atoms in total. The molecule has 0 aliphatic heterocycles. The number of nitrogens with zero attached hydrogens (tertiary/aromatic N) is 4. The van der Waals surface area contributed by atoms with E-state index in [1.54, 1.807) is 21.6 Å². The molecule has 10 rings (SSSR count). The smallest absolute Gasteiger partial charge is 0.269 e. The maximum atomic E-state index is 14.5. The van der Waals surface area contributed by atoms with Gasteiger partial charge >= 0.3 is 0 Å². The third kappa shape index (κ3) is 12.4. The van der Waals surface area contributed by atoms with Crippen molar-refractivity contribution in [3.05, 3.63) is 284 Å². The number of amides is 2. The van der Waals surface area contributed by atoms with Gasteiger partial charge in [-0.05, 0) is 47.5 Å². The number of aromatic nitrogens is 2. The summed E-state index contributed by atoms with van der Waals surface area (Å²) in [6.45, 7) is 0.733. The van der Waals surface area contributed by atoms with Crippen LogP contribution in [0.1, 0.15) is 44.5 Å². The van der Waals surface area contributed by atoms with E-state index in [1.807, 2.05) is 221 Å². The molecular weight excluding hydrogens is 1160 g/mol. The number of carbonyl (C=O) groups is 2. The van der Waals surface area contributed by atoms with Crippen LogP contribution in [-0.4, -0.2) is 57.0 Å². The minimum atomic E-state index is -1.18. The Morgan fingerprint density at radius 3 is 1.02 bits per heavy atom. The van der Waals surface area contributed by atoms with Gasteiger partial charge in [0.2, 0.25) is 11.2 Å². The summed E-state index contributed by atoms with van der Waals surface area (Å²) in [4.78, 5) is 42.8. The van der Waals surface area contributed by atoms with Crippen molar-refractivity contribution in [2.75, 3.05) is 24.6 Å². The first-order valence-electron chi connectivity index (χ1n) is 26.2. The van der Waals surface area contributed by atoms with E-state index in [-0.39, 0.29) is 36.1 Å². The van der Waals surface area contributed by atoms with Crippen molar-refractivity contribution in [3.8, 4) is 0 Å². The number of nitrogens with one attached hydrogen (secondary N) is 2. The molecule has 0 radical (unpaired) electrons. The van der Waals surface area contributed by atoms with Gasteiger partial charge in [0.05, 0.1) is 0 Å². The Morgan fingerprint density at radius 2 is 0.738 bits per heavy atom. The number of fused-ring (bicyclic) bond motifs is 2. The summed E-state index contributed by atoms with van der Waals surface area (Å²) in [6.07, 6.45) is 4.52. The maximum Gasteiger partial charge on any atom is 0.269 e. The summed E-state index contributed by atoms with van der Waals surface area (Å²) in [7, 11) is 7.22. The highest BCUT2D eigenvalue weighted by atomic mass is 79.9. The molecule has 0 aliphatic carbocycles. The van der Waals surface area contributed by atoms with Crippen LogP contribution < -0.4 is 10.6 Å². The van der Waals surface area contributed by atoms with Gasteiger partial charge in [-0.25, -0.2) is 0 Å². The Bertz CT molecular complexity index is 3330. The number of hydrogen-bond acceptors (Lipinski definition) is 8. The van der Waals surface area contributed by atoms with Crippen LogP contribution in [0, 0.1) is 0 Å². The Kier molecular flexibility index (Phi) is 18.2. The van der Waals surface area contributed by atoms with Gasteiger partial charge in [-0.2, -0.15) is 0 Å². The van der Waals surface area contributed by atoms with E-state index in [2.05, 4.69) is 75.9 Å². The van der Waals surface area contributed by atoms with Gasteiger partial charge < -0.3 is 29.4 Å². The van der Waals surface area contributed by atoms with Gasteiger partial charge in [-0.1, -0.05) is 246 Å². The standard InChI is InChI=1S/C66H58Br2N6O4S2/c1-73-45-47(57-43-55(67)33-35-61(57)73)41-59(71-77-65(49-21-9-3-10-22-49,50-23-11-4-12-24-50)51-25-13-5-14-26-51)63(75)69-37-39-79-80-40-38-70-64(76)60(42-48-46-74(2)62-36-34-56(68)44-58(48)62)72-78-66(52-27-15-6-16-28-52,53-29-17-7-18-30-53)54-31-19-8-20-32-54/h3-36,43-46H,37-42H2,1-2H3,(H,69,75)(H,70,76)/b71-59+,72-60+. The molecule has 0 unspecified atom stereocenters. The molecule has 0 spiro atoms. The van der Waals surface area contributed by atoms with Crippen molar-refractivity contribution in [2.24, 2.45) is 24.4 Å². The van der Waals surface area contributed by atoms with Crippen LogP contribution in [0.5, 0.6) is 0 Å². The van der Waals surface area contributed by atoms with Crippen molar-refractivity contribution in [2.45, 2.75) is 24.0 Å². The summed E-state index contributed by atoms with van der Waals surface area (Å²) in [5.74, 6) is 0.529. The third-order valence-corrected chi connectivity index (χ3v) is 17.4. The molecule has 8 aromatic carbocycles. The normalized spacial score (nSPS) is 12.2. The molecule has 2 aromatic heterocycles. The van der Waals surface area contributed by atoms with Gasteiger partial charge in [0.1, 0.15) is 11.4 Å². The van der Waals surface area contributed by atoms with Crippen LogP contribution in [0.3, 0.4) is 0 Å². The van der Waals surface area contributed by atoms with Crippen LogP contribution in [-0.2, 0) is 57.4 Å². The third-order valence-electron chi connectivity index (χ3n) is 14.0. The van der Waals surface area contributed by atoms with Gasteiger partial charge in [0.25, 0.3) is 11.8 Å². The monoisotopic (exact) mass is 1220 g/mol. The Balaban J connectivity index is 0.851. The van der Waals surface area contributed by atoms with Gasteiger partial charge in [0, 0.05) is 128 Å². The van der Waals surface area contributed by atoms with Crippen LogP contribution in [0.15, 0.2) is 250 Å². The molecule has 0 aliphatic rings. The number of rotatable bonds is 23. The Morgan fingerprint density at radius 1 is 0.450 bits per heavy atom. The highest BCUT2D eigenvalue weighted by Gasteiger charge is 2.41. The lowest BCUT2D eigenvalue weighted by Gasteiger charge is -2.33. The number of aryl methyl sites for hydroxylation is 2. The van der Waals surface area contributed by atoms with E-state index in [0.717, 1.165) is 75.3 Å². The van der Waals surface area contributed by atoms with E-state index >= 15 is 0 Å². The zero-order chi connectivity index (χ0) is 55.3. The second-order valence-corrected chi connectivity index (χ2v) is 23.7. The lowest BCUT2D eigenvalue weighted by atomic mass is 9.80. The highest BCUT2D eigenvalue weighted by Crippen LogP contribution is 2.43. The lowest BCUT2D eigenvalue weighted by Crippen LogP contribution is -2.36. The fourth-order valence-electron chi connectivity index (χ4n) is 10.2. The molecule has 2 heterocycles. The van der Waals surface area contributed by atoms with Gasteiger partial charge in [-0.15, -0.1) is 0 Å². The highest BCUT2D eigenvalue weighted by molar-refractivity contribution is 9.10. The fourth-order valence-corrected chi connectivity index (χ4v) is 12.7. The first-order chi connectivity index (χ1) is 39.1. The van der Waals surface area contributed by atoms with E-state index in [1.165, 1.54) is 0 Å². The minimum absolute atomic E-state index is 0.218. The molecule has 14 heteroatoms. The van der Waals surface area contributed by atoms with Crippen molar-refractivity contribution in [1.29, 1.82) is 0 Å². The molecule has 402 valence electrons. The minimum Gasteiger partial charge on any atom is -0.374 e. The topological polar surface area (TPSA) is 111 Å². The number of benzene rings is 8. The number of carbonyl (C=O) groups excluding carboxylic acids is 2. The van der Waals surface area contributed by atoms with Crippen LogP contribution in [0.2, 0.25) is 0 Å². The number of oxime groups is 2. The van der Waals surface area contributed by atoms with Crippen molar-refractivity contribution < 1.29 is 19.3 Å². The quantitative estimate of drug-likeness (QED) is 0.0217. The zero-order valence-electron chi connectivity index (χ0n) is 44.2. The van der Waals surface area contributed by atoms with Crippen molar-refractivity contribution in [1.82, 2.24) is 19.8 Å². The summed E-state index contributed by atoms with van der Waals surface area (Å²) >= 11 is 7.32. The average Bonchev–Trinajstić information content (AvgIpc) is 4.09. The zero-order valence-corrected chi connectivity index (χ0v) is 49.0. The lowest BCUT2D eigenvalue weighted by molar-refractivity contribution is -0.116. The number of halogens is 2. The Labute approximate surface area is 491 Å². The molecule has 0 fully saturated rings. The average molecular weight is 1220 g/mol. The summed E-state index contributed by atoms with van der Waals surface area (Å²) in [6, 6.07) is 72.3. The first-order valence-corrected chi connectivity index (χ1v) is 30.3. The summed E-state index contributed by atoms with van der Waals surface area (Å²) in [5, 5.41) is 18.0. The molecule has 0 saturated heterocycles. The molecular formula is C66H58Br2N6O4S2. The molecule has 0 atom stereocenters. The Hall–Kier alpha value is -7.62. The second kappa shape index (κ2) is 26.1. The predicted molar refractivity (Wildman–Crippen MR) is 335 cm³/mol. The van der Waals surface area contributed by atoms with Gasteiger partial charge in [-0.3, -0.25) is 9.59 Å². The van der Waals surface area contributed by atoms with E-state index < -0.39 is 11.2 Å². The first kappa shape index (κ1) is 55.7. The van der Waals surface area contributed by atoms with E-state index in [9.17, 15) is 9.59 Å². The molecule has 2 amide bonds.